The Balaban J connectivity index is 1.97. The highest BCUT2D eigenvalue weighted by molar-refractivity contribution is 9.10. The van der Waals surface area contributed by atoms with Gasteiger partial charge in [0.15, 0.2) is 11.4 Å². The molecular formula is C15H10BrNO3. The van der Waals surface area contributed by atoms with Crippen LogP contribution in [0.15, 0.2) is 62.2 Å². The van der Waals surface area contributed by atoms with E-state index in [0.29, 0.717) is 16.7 Å². The van der Waals surface area contributed by atoms with Gasteiger partial charge in [0, 0.05) is 10.0 Å². The van der Waals surface area contributed by atoms with E-state index >= 15 is 0 Å². The number of hydrogen-bond donors (Lipinski definition) is 0. The quantitative estimate of drug-likeness (QED) is 0.692. The first-order valence-corrected chi connectivity index (χ1v) is 6.81. The standard InChI is InChI=1S/C15H10BrNO3/c16-11-7-5-10(6-8-11)13(18)9-17-12-3-1-2-4-14(12)20-15(17)19/h1-8H,9H2. The molecule has 3 rings (SSSR count). The number of fused-ring (bicyclic) bond motifs is 1. The molecule has 1 heterocycles. The number of aromatic nitrogens is 1. The zero-order chi connectivity index (χ0) is 14.1. The Morgan fingerprint density at radius 1 is 1.10 bits per heavy atom. The molecular weight excluding hydrogens is 322 g/mol. The first-order valence-electron chi connectivity index (χ1n) is 6.02. The van der Waals surface area contributed by atoms with E-state index in [2.05, 4.69) is 15.9 Å². The van der Waals surface area contributed by atoms with Crippen LogP contribution in [0, 0.1) is 0 Å². The Morgan fingerprint density at radius 3 is 2.55 bits per heavy atom. The molecule has 0 N–H and O–H groups in total. The van der Waals surface area contributed by atoms with Gasteiger partial charge < -0.3 is 4.42 Å². The van der Waals surface area contributed by atoms with Crippen molar-refractivity contribution in [2.24, 2.45) is 0 Å². The minimum absolute atomic E-state index is 0.0303. The summed E-state index contributed by atoms with van der Waals surface area (Å²) in [6, 6.07) is 14.1. The third-order valence-electron chi connectivity index (χ3n) is 3.04. The van der Waals surface area contributed by atoms with Crippen LogP contribution in [-0.2, 0) is 6.54 Å². The average Bonchev–Trinajstić information content (AvgIpc) is 2.76. The molecule has 0 unspecified atom stereocenters. The smallest absolute Gasteiger partial charge is 0.408 e. The molecule has 0 radical (unpaired) electrons. The van der Waals surface area contributed by atoms with Gasteiger partial charge in [-0.1, -0.05) is 40.2 Å². The molecule has 0 fully saturated rings. The van der Waals surface area contributed by atoms with Crippen molar-refractivity contribution >= 4 is 32.8 Å². The number of halogens is 1. The predicted octanol–water partition coefficient (Wildman–Crippen LogP) is 3.24. The number of para-hydroxylation sites is 2. The average molecular weight is 332 g/mol. The summed E-state index contributed by atoms with van der Waals surface area (Å²) in [4.78, 5) is 24.0. The molecule has 20 heavy (non-hydrogen) atoms. The van der Waals surface area contributed by atoms with E-state index in [9.17, 15) is 9.59 Å². The Bertz CT molecular complexity index is 830. The second kappa shape index (κ2) is 5.09. The summed E-state index contributed by atoms with van der Waals surface area (Å²) in [5.41, 5.74) is 1.68. The maximum absolute atomic E-state index is 12.2. The molecule has 1 aromatic heterocycles. The van der Waals surface area contributed by atoms with Gasteiger partial charge in [-0.3, -0.25) is 9.36 Å². The summed E-state index contributed by atoms with van der Waals surface area (Å²) in [6.45, 7) is -0.0303. The van der Waals surface area contributed by atoms with Crippen LogP contribution in [0.5, 0.6) is 0 Å². The maximum Gasteiger partial charge on any atom is 0.420 e. The van der Waals surface area contributed by atoms with Crippen LogP contribution in [0.4, 0.5) is 0 Å². The summed E-state index contributed by atoms with van der Waals surface area (Å²) in [6.07, 6.45) is 0. The van der Waals surface area contributed by atoms with Crippen molar-refractivity contribution in [1.29, 1.82) is 0 Å². The summed E-state index contributed by atoms with van der Waals surface area (Å²) < 4.78 is 7.35. The second-order valence-corrected chi connectivity index (χ2v) is 5.27. The van der Waals surface area contributed by atoms with Gasteiger partial charge in [0.2, 0.25) is 0 Å². The highest BCUT2D eigenvalue weighted by atomic mass is 79.9. The number of carbonyl (C=O) groups is 1. The van der Waals surface area contributed by atoms with Crippen LogP contribution in [0.25, 0.3) is 11.1 Å². The Kier molecular flexibility index (Phi) is 3.28. The third kappa shape index (κ3) is 2.32. The number of nitrogens with zero attached hydrogens (tertiary/aromatic N) is 1. The van der Waals surface area contributed by atoms with E-state index in [0.717, 1.165) is 4.47 Å². The molecule has 4 nitrogen and oxygen atoms in total. The van der Waals surface area contributed by atoms with Gasteiger partial charge in [0.05, 0.1) is 12.1 Å². The minimum Gasteiger partial charge on any atom is -0.408 e. The molecule has 0 spiro atoms. The van der Waals surface area contributed by atoms with Crippen molar-refractivity contribution in [3.63, 3.8) is 0 Å². The highest BCUT2D eigenvalue weighted by Gasteiger charge is 2.13. The number of carbonyl (C=O) groups excluding carboxylic acids is 1. The van der Waals surface area contributed by atoms with Crippen LogP contribution in [0.1, 0.15) is 10.4 Å². The number of ketones is 1. The maximum atomic E-state index is 12.2. The molecule has 0 aliphatic rings. The van der Waals surface area contributed by atoms with E-state index in [1.165, 1.54) is 4.57 Å². The molecule has 0 saturated carbocycles. The van der Waals surface area contributed by atoms with Crippen LogP contribution < -0.4 is 5.76 Å². The molecule has 0 bridgehead atoms. The van der Waals surface area contributed by atoms with Gasteiger partial charge in [-0.15, -0.1) is 0 Å². The van der Waals surface area contributed by atoms with Crippen LogP contribution in [0.3, 0.4) is 0 Å². The molecule has 0 saturated heterocycles. The lowest BCUT2D eigenvalue weighted by molar-refractivity contribution is 0.0970. The first kappa shape index (κ1) is 12.9. The lowest BCUT2D eigenvalue weighted by Gasteiger charge is -2.02. The Hall–Kier alpha value is -2.14. The van der Waals surface area contributed by atoms with E-state index in [4.69, 9.17) is 4.42 Å². The Labute approximate surface area is 122 Å². The van der Waals surface area contributed by atoms with E-state index in [1.807, 2.05) is 0 Å². The van der Waals surface area contributed by atoms with Gasteiger partial charge in [-0.05, 0) is 24.3 Å². The van der Waals surface area contributed by atoms with Gasteiger partial charge in [-0.2, -0.15) is 0 Å². The molecule has 100 valence electrons. The zero-order valence-electron chi connectivity index (χ0n) is 10.4. The van der Waals surface area contributed by atoms with Gasteiger partial charge in [0.1, 0.15) is 0 Å². The summed E-state index contributed by atoms with van der Waals surface area (Å²) >= 11 is 3.32. The molecule has 5 heteroatoms. The fourth-order valence-electron chi connectivity index (χ4n) is 2.03. The molecule has 0 aliphatic heterocycles. The normalized spacial score (nSPS) is 10.8. The van der Waals surface area contributed by atoms with Gasteiger partial charge in [0.25, 0.3) is 0 Å². The summed E-state index contributed by atoms with van der Waals surface area (Å²) in [5.74, 6) is -0.650. The second-order valence-electron chi connectivity index (χ2n) is 4.35. The summed E-state index contributed by atoms with van der Waals surface area (Å²) in [5, 5.41) is 0. The summed E-state index contributed by atoms with van der Waals surface area (Å²) in [7, 11) is 0. The lowest BCUT2D eigenvalue weighted by atomic mass is 10.1. The number of hydrogen-bond acceptors (Lipinski definition) is 3. The fourth-order valence-corrected chi connectivity index (χ4v) is 2.30. The van der Waals surface area contributed by atoms with Crippen molar-refractivity contribution in [3.05, 3.63) is 69.1 Å². The van der Waals surface area contributed by atoms with Crippen molar-refractivity contribution in [1.82, 2.24) is 4.57 Å². The predicted molar refractivity (Wildman–Crippen MR) is 78.9 cm³/mol. The molecule has 2 aromatic carbocycles. The van der Waals surface area contributed by atoms with Crippen molar-refractivity contribution < 1.29 is 9.21 Å². The molecule has 0 aliphatic carbocycles. The highest BCUT2D eigenvalue weighted by Crippen LogP contribution is 2.14. The van der Waals surface area contributed by atoms with E-state index in [-0.39, 0.29) is 12.3 Å². The molecule has 0 atom stereocenters. The van der Waals surface area contributed by atoms with Gasteiger partial charge in [-0.25, -0.2) is 4.79 Å². The largest absolute Gasteiger partial charge is 0.420 e. The monoisotopic (exact) mass is 331 g/mol. The molecule has 3 aromatic rings. The lowest BCUT2D eigenvalue weighted by Crippen LogP contribution is -2.20. The van der Waals surface area contributed by atoms with Crippen molar-refractivity contribution in [3.8, 4) is 0 Å². The minimum atomic E-state index is -0.517. The number of Topliss-reactive ketones (excluding diaryl/α,β-unsaturated/α-hetero) is 1. The van der Waals surface area contributed by atoms with Crippen molar-refractivity contribution in [2.75, 3.05) is 0 Å². The van der Waals surface area contributed by atoms with Crippen LogP contribution in [0.2, 0.25) is 0 Å². The number of oxazole rings is 1. The SMILES string of the molecule is O=C(Cn1c(=O)oc2ccccc21)c1ccc(Br)cc1. The fraction of sp³-hybridized carbons (Fsp3) is 0.0667. The van der Waals surface area contributed by atoms with Crippen LogP contribution in [-0.4, -0.2) is 10.4 Å². The first-order chi connectivity index (χ1) is 9.65. The third-order valence-corrected chi connectivity index (χ3v) is 3.57. The van der Waals surface area contributed by atoms with Gasteiger partial charge >= 0.3 is 5.76 Å². The topological polar surface area (TPSA) is 52.2 Å². The number of rotatable bonds is 3. The number of benzene rings is 2. The van der Waals surface area contributed by atoms with E-state index in [1.54, 1.807) is 48.5 Å². The Morgan fingerprint density at radius 2 is 1.80 bits per heavy atom. The van der Waals surface area contributed by atoms with E-state index < -0.39 is 5.76 Å². The zero-order valence-corrected chi connectivity index (χ0v) is 12.0. The molecule has 0 amide bonds. The van der Waals surface area contributed by atoms with Crippen LogP contribution >= 0.6 is 15.9 Å². The van der Waals surface area contributed by atoms with Crippen molar-refractivity contribution in [2.45, 2.75) is 6.54 Å².